The molecule has 2 nitrogen and oxygen atoms in total. The molecule has 1 aliphatic heterocycles. The van der Waals surface area contributed by atoms with Gasteiger partial charge in [-0.2, -0.15) is 0 Å². The molecule has 3 rings (SSSR count). The molecule has 0 radical (unpaired) electrons. The van der Waals surface area contributed by atoms with Crippen molar-refractivity contribution in [3.63, 3.8) is 0 Å². The molecule has 0 N–H and O–H groups in total. The van der Waals surface area contributed by atoms with Gasteiger partial charge in [-0.25, -0.2) is 0 Å². The fourth-order valence-corrected chi connectivity index (χ4v) is 2.08. The van der Waals surface area contributed by atoms with Crippen LogP contribution in [0.15, 0.2) is 53.5 Å². The molecular weight excluding hydrogens is 222 g/mol. The van der Waals surface area contributed by atoms with E-state index in [1.54, 1.807) is 7.11 Å². The summed E-state index contributed by atoms with van der Waals surface area (Å²) in [6.07, 6.45) is 3.95. The lowest BCUT2D eigenvalue weighted by atomic mass is 10.0. The first kappa shape index (κ1) is 10.8. The van der Waals surface area contributed by atoms with Crippen molar-refractivity contribution in [2.24, 2.45) is 4.99 Å². The van der Waals surface area contributed by atoms with Gasteiger partial charge in [-0.15, -0.1) is 0 Å². The summed E-state index contributed by atoms with van der Waals surface area (Å²) in [5.41, 5.74) is 4.17. The zero-order chi connectivity index (χ0) is 12.4. The van der Waals surface area contributed by atoms with Crippen molar-refractivity contribution >= 4 is 23.7 Å². The van der Waals surface area contributed by atoms with E-state index in [1.807, 2.05) is 42.6 Å². The topological polar surface area (TPSA) is 21.6 Å². The standard InChI is InChI=1S/C16H13NO/c1-18-16-10-12-6-2-3-7-13(12)11-17-15-9-5-4-8-14(15)16/h2-11H,1H3. The van der Waals surface area contributed by atoms with E-state index in [1.165, 1.54) is 0 Å². The molecule has 0 fully saturated rings. The molecule has 0 aliphatic carbocycles. The summed E-state index contributed by atoms with van der Waals surface area (Å²) in [6, 6.07) is 16.1. The smallest absolute Gasteiger partial charge is 0.128 e. The quantitative estimate of drug-likeness (QED) is 0.734. The van der Waals surface area contributed by atoms with E-state index in [-0.39, 0.29) is 0 Å². The summed E-state index contributed by atoms with van der Waals surface area (Å²) in [5, 5.41) is 0. The van der Waals surface area contributed by atoms with Gasteiger partial charge in [-0.05, 0) is 23.8 Å². The molecule has 0 atom stereocenters. The van der Waals surface area contributed by atoms with Crippen LogP contribution in [0.5, 0.6) is 0 Å². The Balaban J connectivity index is 2.25. The summed E-state index contributed by atoms with van der Waals surface area (Å²) in [4.78, 5) is 4.54. The van der Waals surface area contributed by atoms with Crippen LogP contribution in [0.1, 0.15) is 16.7 Å². The number of hydrogen-bond acceptors (Lipinski definition) is 2. The van der Waals surface area contributed by atoms with Crippen molar-refractivity contribution in [2.45, 2.75) is 0 Å². The largest absolute Gasteiger partial charge is 0.496 e. The Kier molecular flexibility index (Phi) is 2.69. The monoisotopic (exact) mass is 235 g/mol. The van der Waals surface area contributed by atoms with E-state index in [4.69, 9.17) is 4.74 Å². The fourth-order valence-electron chi connectivity index (χ4n) is 2.08. The molecule has 0 saturated heterocycles. The highest BCUT2D eigenvalue weighted by atomic mass is 16.5. The van der Waals surface area contributed by atoms with Gasteiger partial charge >= 0.3 is 0 Å². The molecular formula is C16H13NO. The number of benzene rings is 2. The molecule has 0 amide bonds. The highest BCUT2D eigenvalue weighted by Crippen LogP contribution is 2.30. The van der Waals surface area contributed by atoms with Gasteiger partial charge in [-0.1, -0.05) is 36.4 Å². The van der Waals surface area contributed by atoms with E-state index >= 15 is 0 Å². The zero-order valence-electron chi connectivity index (χ0n) is 10.1. The van der Waals surface area contributed by atoms with Gasteiger partial charge < -0.3 is 4.74 Å². The van der Waals surface area contributed by atoms with Crippen LogP contribution >= 0.6 is 0 Å². The number of rotatable bonds is 1. The predicted octanol–water partition coefficient (Wildman–Crippen LogP) is 3.90. The Hall–Kier alpha value is -2.35. The van der Waals surface area contributed by atoms with Gasteiger partial charge in [0.1, 0.15) is 5.76 Å². The molecule has 1 aliphatic rings. The van der Waals surface area contributed by atoms with Crippen molar-refractivity contribution < 1.29 is 4.74 Å². The van der Waals surface area contributed by atoms with Crippen molar-refractivity contribution in [3.05, 3.63) is 65.2 Å². The van der Waals surface area contributed by atoms with Crippen molar-refractivity contribution in [1.29, 1.82) is 0 Å². The number of fused-ring (bicyclic) bond motifs is 2. The Labute approximate surface area is 106 Å². The molecule has 0 bridgehead atoms. The Morgan fingerprint density at radius 3 is 2.44 bits per heavy atom. The number of para-hydroxylation sites is 1. The average molecular weight is 235 g/mol. The van der Waals surface area contributed by atoms with Gasteiger partial charge in [0.25, 0.3) is 0 Å². The molecule has 2 aromatic carbocycles. The minimum Gasteiger partial charge on any atom is -0.496 e. The van der Waals surface area contributed by atoms with E-state index in [0.717, 1.165) is 28.1 Å². The fraction of sp³-hybridized carbons (Fsp3) is 0.0625. The summed E-state index contributed by atoms with van der Waals surface area (Å²) >= 11 is 0. The van der Waals surface area contributed by atoms with Gasteiger partial charge in [0.2, 0.25) is 0 Å². The lowest BCUT2D eigenvalue weighted by Gasteiger charge is -2.12. The van der Waals surface area contributed by atoms with Crippen molar-refractivity contribution in [1.82, 2.24) is 0 Å². The molecule has 0 spiro atoms. The molecule has 18 heavy (non-hydrogen) atoms. The second kappa shape index (κ2) is 4.49. The predicted molar refractivity (Wildman–Crippen MR) is 75.0 cm³/mol. The van der Waals surface area contributed by atoms with E-state index in [2.05, 4.69) is 23.2 Å². The summed E-state index contributed by atoms with van der Waals surface area (Å²) in [7, 11) is 1.69. The first-order valence-corrected chi connectivity index (χ1v) is 5.86. The van der Waals surface area contributed by atoms with Crippen LogP contribution in [-0.4, -0.2) is 13.3 Å². The first-order valence-electron chi connectivity index (χ1n) is 5.86. The van der Waals surface area contributed by atoms with Crippen LogP contribution in [0, 0.1) is 0 Å². The normalized spacial score (nSPS) is 12.8. The lowest BCUT2D eigenvalue weighted by molar-refractivity contribution is 0.373. The minimum absolute atomic E-state index is 0.842. The number of ether oxygens (including phenoxy) is 1. The highest BCUT2D eigenvalue weighted by Gasteiger charge is 2.10. The second-order valence-corrected chi connectivity index (χ2v) is 4.12. The number of nitrogens with zero attached hydrogens (tertiary/aromatic N) is 1. The molecule has 2 heteroatoms. The summed E-state index contributed by atoms with van der Waals surface area (Å²) in [6.45, 7) is 0. The Morgan fingerprint density at radius 2 is 1.61 bits per heavy atom. The maximum Gasteiger partial charge on any atom is 0.128 e. The lowest BCUT2D eigenvalue weighted by Crippen LogP contribution is -1.94. The molecule has 2 aromatic rings. The second-order valence-electron chi connectivity index (χ2n) is 4.12. The van der Waals surface area contributed by atoms with Crippen LogP contribution in [0.3, 0.4) is 0 Å². The Morgan fingerprint density at radius 1 is 0.889 bits per heavy atom. The minimum atomic E-state index is 0.842. The Bertz CT molecular complexity index is 641. The number of hydrogen-bond donors (Lipinski definition) is 0. The van der Waals surface area contributed by atoms with Crippen LogP contribution in [-0.2, 0) is 4.74 Å². The van der Waals surface area contributed by atoms with Crippen LogP contribution in [0.2, 0.25) is 0 Å². The van der Waals surface area contributed by atoms with Gasteiger partial charge in [0.15, 0.2) is 0 Å². The third kappa shape index (κ3) is 1.82. The van der Waals surface area contributed by atoms with Crippen molar-refractivity contribution in [3.8, 4) is 0 Å². The molecule has 0 saturated carbocycles. The molecule has 1 heterocycles. The number of aliphatic imine (C=N–C) groups is 1. The molecule has 0 aromatic heterocycles. The summed E-state index contributed by atoms with van der Waals surface area (Å²) in [5.74, 6) is 0.842. The maximum absolute atomic E-state index is 5.50. The van der Waals surface area contributed by atoms with Gasteiger partial charge in [-0.3, -0.25) is 4.99 Å². The van der Waals surface area contributed by atoms with E-state index in [9.17, 15) is 0 Å². The highest BCUT2D eigenvalue weighted by molar-refractivity contribution is 5.94. The summed E-state index contributed by atoms with van der Waals surface area (Å²) < 4.78 is 5.50. The third-order valence-electron chi connectivity index (χ3n) is 3.01. The SMILES string of the molecule is COC1=Cc2ccccc2C=Nc2ccccc21. The van der Waals surface area contributed by atoms with Crippen LogP contribution in [0.25, 0.3) is 11.8 Å². The van der Waals surface area contributed by atoms with Crippen molar-refractivity contribution in [2.75, 3.05) is 7.11 Å². The first-order chi connectivity index (χ1) is 8.88. The third-order valence-corrected chi connectivity index (χ3v) is 3.01. The zero-order valence-corrected chi connectivity index (χ0v) is 10.1. The maximum atomic E-state index is 5.50. The van der Waals surface area contributed by atoms with Gasteiger partial charge in [0.05, 0.1) is 12.8 Å². The molecule has 88 valence electrons. The van der Waals surface area contributed by atoms with Gasteiger partial charge in [0, 0.05) is 17.3 Å². The van der Waals surface area contributed by atoms with E-state index in [0.29, 0.717) is 0 Å². The average Bonchev–Trinajstić information content (AvgIpc) is 2.41. The van der Waals surface area contributed by atoms with Crippen LogP contribution in [0.4, 0.5) is 5.69 Å². The number of methoxy groups -OCH3 is 1. The van der Waals surface area contributed by atoms with Crippen LogP contribution < -0.4 is 0 Å². The van der Waals surface area contributed by atoms with E-state index < -0.39 is 0 Å². The molecule has 0 unspecified atom stereocenters.